The summed E-state index contributed by atoms with van der Waals surface area (Å²) in [6.45, 7) is 3.26. The Bertz CT molecular complexity index is 893. The Morgan fingerprint density at radius 2 is 1.24 bits per heavy atom. The number of carbonyl (C=O) groups excluding carboxylic acids is 5. The van der Waals surface area contributed by atoms with Gasteiger partial charge in [-0.15, -0.1) is 0 Å². The van der Waals surface area contributed by atoms with Gasteiger partial charge in [0.25, 0.3) is 0 Å². The van der Waals surface area contributed by atoms with Gasteiger partial charge < -0.3 is 33.2 Å². The van der Waals surface area contributed by atoms with Crippen molar-refractivity contribution < 1.29 is 57.1 Å². The van der Waals surface area contributed by atoms with Gasteiger partial charge in [-0.2, -0.15) is 0 Å². The third kappa shape index (κ3) is 6.65. The molecule has 5 atom stereocenters. The predicted octanol–water partition coefficient (Wildman–Crippen LogP) is 0.545. The average molecular weight is 468 g/mol. The maximum atomic E-state index is 12.4. The first-order chi connectivity index (χ1) is 15.6. The molecule has 0 aliphatic carbocycles. The van der Waals surface area contributed by atoms with E-state index >= 15 is 0 Å². The highest BCUT2D eigenvalue weighted by atomic mass is 16.7. The van der Waals surface area contributed by atoms with E-state index in [1.807, 2.05) is 0 Å². The van der Waals surface area contributed by atoms with E-state index in [1.165, 1.54) is 31.4 Å². The minimum atomic E-state index is -1.57. The molecule has 1 saturated heterocycles. The maximum Gasteiger partial charge on any atom is 0.339 e. The van der Waals surface area contributed by atoms with Crippen LogP contribution in [0.1, 0.15) is 31.1 Å². The molecule has 0 spiro atoms. The fourth-order valence-corrected chi connectivity index (χ4v) is 3.10. The van der Waals surface area contributed by atoms with Crippen molar-refractivity contribution in [2.75, 3.05) is 14.2 Å². The molecular formula is C21H24O12. The molecule has 1 fully saturated rings. The van der Waals surface area contributed by atoms with Crippen molar-refractivity contribution in [2.24, 2.45) is 0 Å². The van der Waals surface area contributed by atoms with E-state index in [0.717, 1.165) is 27.9 Å². The molecule has 0 bridgehead atoms. The van der Waals surface area contributed by atoms with Crippen LogP contribution < -0.4 is 4.74 Å². The third-order valence-corrected chi connectivity index (χ3v) is 4.36. The maximum absolute atomic E-state index is 12.4. The molecule has 1 heterocycles. The van der Waals surface area contributed by atoms with Crippen LogP contribution in [-0.2, 0) is 47.6 Å². The van der Waals surface area contributed by atoms with E-state index in [2.05, 4.69) is 4.74 Å². The van der Waals surface area contributed by atoms with Gasteiger partial charge in [-0.05, 0) is 24.3 Å². The standard InChI is InChI=1S/C21H24O12/c1-10(22)29-15-16(30-11(2)23)18(31-12(3)24)21(33-17(15)20(26)28-5)32-14-8-6-13(7-9-14)19(25)27-4/h6-9,15-18,21H,1-5H3/t15-,16-,17-,18+,21+/m0/s1. The lowest BCUT2D eigenvalue weighted by Gasteiger charge is -2.43. The zero-order chi connectivity index (χ0) is 24.7. The Hall–Kier alpha value is -3.67. The number of methoxy groups -OCH3 is 2. The normalized spacial score (nSPS) is 24.1. The fraction of sp³-hybridized carbons (Fsp3) is 0.476. The van der Waals surface area contributed by atoms with Gasteiger partial charge in [0.15, 0.2) is 18.3 Å². The minimum absolute atomic E-state index is 0.154. The Labute approximate surface area is 189 Å². The lowest BCUT2D eigenvalue weighted by atomic mass is 9.97. The number of hydrogen-bond acceptors (Lipinski definition) is 12. The van der Waals surface area contributed by atoms with Crippen LogP contribution in [-0.4, -0.2) is 74.8 Å². The van der Waals surface area contributed by atoms with Crippen molar-refractivity contribution in [1.82, 2.24) is 0 Å². The summed E-state index contributed by atoms with van der Waals surface area (Å²) in [5, 5.41) is 0. The number of esters is 5. The number of rotatable bonds is 7. The highest BCUT2D eigenvalue weighted by Gasteiger charge is 2.55. The zero-order valence-electron chi connectivity index (χ0n) is 18.6. The molecule has 0 amide bonds. The Kier molecular flexibility index (Phi) is 8.74. The van der Waals surface area contributed by atoms with Gasteiger partial charge in [-0.1, -0.05) is 0 Å². The molecule has 180 valence electrons. The highest BCUT2D eigenvalue weighted by Crippen LogP contribution is 2.31. The van der Waals surface area contributed by atoms with E-state index in [9.17, 15) is 24.0 Å². The number of hydrogen-bond donors (Lipinski definition) is 0. The molecule has 0 radical (unpaired) electrons. The Morgan fingerprint density at radius 3 is 1.73 bits per heavy atom. The average Bonchev–Trinajstić information content (AvgIpc) is 2.76. The molecule has 33 heavy (non-hydrogen) atoms. The van der Waals surface area contributed by atoms with Crippen molar-refractivity contribution in [1.29, 1.82) is 0 Å². The zero-order valence-corrected chi connectivity index (χ0v) is 18.6. The monoisotopic (exact) mass is 468 g/mol. The summed E-state index contributed by atoms with van der Waals surface area (Å²) in [5.41, 5.74) is 0.242. The molecule has 1 aliphatic rings. The van der Waals surface area contributed by atoms with E-state index in [1.54, 1.807) is 0 Å². The van der Waals surface area contributed by atoms with Crippen LogP contribution in [0.4, 0.5) is 0 Å². The van der Waals surface area contributed by atoms with E-state index in [-0.39, 0.29) is 11.3 Å². The molecule has 12 nitrogen and oxygen atoms in total. The molecule has 12 heteroatoms. The molecular weight excluding hydrogens is 444 g/mol. The molecule has 0 saturated carbocycles. The molecule has 0 unspecified atom stereocenters. The second kappa shape index (κ2) is 11.3. The largest absolute Gasteiger partial charge is 0.467 e. The van der Waals surface area contributed by atoms with Gasteiger partial charge >= 0.3 is 29.8 Å². The summed E-state index contributed by atoms with van der Waals surface area (Å²) in [5.74, 6) is -3.77. The molecule has 1 aromatic carbocycles. The van der Waals surface area contributed by atoms with Crippen LogP contribution in [0.5, 0.6) is 5.75 Å². The number of carbonyl (C=O) groups is 5. The van der Waals surface area contributed by atoms with Crippen molar-refractivity contribution in [3.63, 3.8) is 0 Å². The summed E-state index contributed by atoms with van der Waals surface area (Å²) in [6.07, 6.45) is -7.46. The van der Waals surface area contributed by atoms with Crippen LogP contribution in [0.2, 0.25) is 0 Å². The van der Waals surface area contributed by atoms with Crippen molar-refractivity contribution in [2.45, 2.75) is 51.5 Å². The third-order valence-electron chi connectivity index (χ3n) is 4.36. The predicted molar refractivity (Wildman–Crippen MR) is 106 cm³/mol. The first-order valence-electron chi connectivity index (χ1n) is 9.67. The topological polar surface area (TPSA) is 150 Å². The lowest BCUT2D eigenvalue weighted by Crippen LogP contribution is -2.64. The van der Waals surface area contributed by atoms with E-state index in [0.29, 0.717) is 0 Å². The van der Waals surface area contributed by atoms with Crippen LogP contribution in [0.3, 0.4) is 0 Å². The van der Waals surface area contributed by atoms with Gasteiger partial charge in [0.1, 0.15) is 5.75 Å². The summed E-state index contributed by atoms with van der Waals surface area (Å²) >= 11 is 0. The summed E-state index contributed by atoms with van der Waals surface area (Å²) in [6, 6.07) is 5.64. The van der Waals surface area contributed by atoms with Gasteiger partial charge in [-0.25, -0.2) is 9.59 Å². The first kappa shape index (κ1) is 25.6. The SMILES string of the molecule is COC(=O)c1ccc(O[C@@H]2O[C@H](C(=O)OC)[C@@H](OC(C)=O)[C@H](OC(C)=O)[C@H]2OC(C)=O)cc1. The highest BCUT2D eigenvalue weighted by molar-refractivity contribution is 5.89. The van der Waals surface area contributed by atoms with Crippen LogP contribution in [0, 0.1) is 0 Å². The first-order valence-corrected chi connectivity index (χ1v) is 9.67. The van der Waals surface area contributed by atoms with Gasteiger partial charge in [0.05, 0.1) is 19.8 Å². The molecule has 0 aromatic heterocycles. The molecule has 2 rings (SSSR count). The smallest absolute Gasteiger partial charge is 0.339 e. The Balaban J connectivity index is 2.45. The number of benzene rings is 1. The Morgan fingerprint density at radius 1 is 0.727 bits per heavy atom. The van der Waals surface area contributed by atoms with Gasteiger partial charge in [-0.3, -0.25) is 14.4 Å². The van der Waals surface area contributed by atoms with Crippen LogP contribution in [0.15, 0.2) is 24.3 Å². The summed E-state index contributed by atoms with van der Waals surface area (Å²) in [4.78, 5) is 59.2. The quantitative estimate of drug-likeness (QED) is 0.406. The van der Waals surface area contributed by atoms with Crippen molar-refractivity contribution in [3.05, 3.63) is 29.8 Å². The minimum Gasteiger partial charge on any atom is -0.467 e. The fourth-order valence-electron chi connectivity index (χ4n) is 3.10. The van der Waals surface area contributed by atoms with Crippen LogP contribution >= 0.6 is 0 Å². The number of ether oxygens (including phenoxy) is 7. The lowest BCUT2D eigenvalue weighted by molar-refractivity contribution is -0.282. The van der Waals surface area contributed by atoms with E-state index < -0.39 is 60.6 Å². The second-order valence-electron chi connectivity index (χ2n) is 6.80. The van der Waals surface area contributed by atoms with E-state index in [4.69, 9.17) is 28.4 Å². The summed E-state index contributed by atoms with van der Waals surface area (Å²) < 4.78 is 36.4. The van der Waals surface area contributed by atoms with Crippen molar-refractivity contribution >= 4 is 29.8 Å². The molecule has 1 aliphatic heterocycles. The second-order valence-corrected chi connectivity index (χ2v) is 6.80. The summed E-state index contributed by atoms with van der Waals surface area (Å²) in [7, 11) is 2.31. The molecule has 1 aromatic rings. The van der Waals surface area contributed by atoms with Crippen molar-refractivity contribution in [3.8, 4) is 5.75 Å². The molecule has 0 N–H and O–H groups in total. The van der Waals surface area contributed by atoms with Gasteiger partial charge in [0.2, 0.25) is 12.4 Å². The van der Waals surface area contributed by atoms with Crippen LogP contribution in [0.25, 0.3) is 0 Å². The van der Waals surface area contributed by atoms with Gasteiger partial charge in [0, 0.05) is 20.8 Å².